The average molecular weight is 795 g/mol. The zero-order chi connectivity index (χ0) is 41.7. The number of fused-ring (bicyclic) bond motifs is 9. The molecule has 0 aliphatic heterocycles. The molecule has 2 nitrogen and oxygen atoms in total. The summed E-state index contributed by atoms with van der Waals surface area (Å²) in [5.41, 5.74) is 22.4. The lowest BCUT2D eigenvalue weighted by Gasteiger charge is -2.31. The third-order valence-electron chi connectivity index (χ3n) is 14.0. The van der Waals surface area contributed by atoms with Crippen LogP contribution in [0.15, 0.2) is 206 Å². The maximum Gasteiger partial charge on any atom is 0.0619 e. The van der Waals surface area contributed by atoms with Gasteiger partial charge < -0.3 is 9.47 Å². The van der Waals surface area contributed by atoms with E-state index >= 15 is 0 Å². The lowest BCUT2D eigenvalue weighted by atomic mass is 9.81. The molecule has 0 atom stereocenters. The normalized spacial score (nSPS) is 14.1. The number of para-hydroxylation sites is 4. The van der Waals surface area contributed by atoms with Gasteiger partial charge in [-0.05, 0) is 98.6 Å². The molecule has 0 bridgehead atoms. The van der Waals surface area contributed by atoms with Crippen molar-refractivity contribution < 1.29 is 0 Å². The van der Waals surface area contributed by atoms with E-state index in [0.717, 1.165) is 17.1 Å². The molecule has 1 aromatic heterocycles. The molecule has 62 heavy (non-hydrogen) atoms. The molecule has 0 spiro atoms. The molecular weight excluding hydrogens is 749 g/mol. The summed E-state index contributed by atoms with van der Waals surface area (Å²) >= 11 is 0. The van der Waals surface area contributed by atoms with E-state index in [-0.39, 0.29) is 10.8 Å². The summed E-state index contributed by atoms with van der Waals surface area (Å²) in [7, 11) is 0. The second kappa shape index (κ2) is 13.5. The van der Waals surface area contributed by atoms with Gasteiger partial charge in [0.05, 0.1) is 22.4 Å². The summed E-state index contributed by atoms with van der Waals surface area (Å²) in [5, 5.41) is 2.51. The predicted octanol–water partition coefficient (Wildman–Crippen LogP) is 16.2. The van der Waals surface area contributed by atoms with E-state index in [9.17, 15) is 0 Å². The monoisotopic (exact) mass is 794 g/mol. The van der Waals surface area contributed by atoms with E-state index in [2.05, 4.69) is 243 Å². The lowest BCUT2D eigenvalue weighted by Crippen LogP contribution is -2.16. The van der Waals surface area contributed by atoms with Gasteiger partial charge in [0.15, 0.2) is 0 Å². The van der Waals surface area contributed by atoms with Crippen molar-refractivity contribution in [3.8, 4) is 50.2 Å². The lowest BCUT2D eigenvalue weighted by molar-refractivity contribution is 0.660. The summed E-state index contributed by atoms with van der Waals surface area (Å²) in [4.78, 5) is 2.52. The molecule has 10 aromatic rings. The van der Waals surface area contributed by atoms with Crippen molar-refractivity contribution in [2.75, 3.05) is 4.90 Å². The molecule has 0 unspecified atom stereocenters. The number of nitrogens with zero attached hydrogens (tertiary/aromatic N) is 2. The molecule has 2 aliphatic carbocycles. The number of aromatic nitrogens is 1. The summed E-state index contributed by atoms with van der Waals surface area (Å²) in [6.07, 6.45) is 0. The third kappa shape index (κ3) is 5.23. The minimum atomic E-state index is -0.132. The van der Waals surface area contributed by atoms with Crippen LogP contribution in [-0.2, 0) is 10.8 Å². The van der Waals surface area contributed by atoms with Gasteiger partial charge in [0, 0.05) is 49.7 Å². The Morgan fingerprint density at radius 3 is 1.73 bits per heavy atom. The molecule has 0 N–H and O–H groups in total. The van der Waals surface area contributed by atoms with Gasteiger partial charge in [-0.2, -0.15) is 0 Å². The number of anilines is 3. The Morgan fingerprint density at radius 2 is 0.919 bits per heavy atom. The molecule has 0 amide bonds. The van der Waals surface area contributed by atoms with Gasteiger partial charge in [-0.1, -0.05) is 185 Å². The quantitative estimate of drug-likeness (QED) is 0.163. The standard InChI is InChI=1S/C60H46N2/c1-59(2)51-27-13-9-23-49(51)57-52(59)28-17-31-56(57)61(54-29-14-10-20-43(54)40-34-37-46-45-21-8-12-26-50(45)60(3,4)53(46)38-40)42-35-32-39(33-36-42)44-24-16-25-48-47-22-11-15-30-55(47)62(58(44)48)41-18-6-5-7-19-41/h5-38H,1-4H3. The second-order valence-electron chi connectivity index (χ2n) is 18.1. The molecule has 12 rings (SSSR count). The Kier molecular flexibility index (Phi) is 7.96. The second-order valence-corrected chi connectivity index (χ2v) is 18.1. The minimum Gasteiger partial charge on any atom is -0.309 e. The highest BCUT2D eigenvalue weighted by atomic mass is 15.1. The van der Waals surface area contributed by atoms with Crippen LogP contribution in [0, 0.1) is 0 Å². The topological polar surface area (TPSA) is 8.17 Å². The van der Waals surface area contributed by atoms with E-state index in [4.69, 9.17) is 0 Å². The van der Waals surface area contributed by atoms with Crippen LogP contribution in [0.25, 0.3) is 72.0 Å². The number of rotatable bonds is 6. The fraction of sp³-hybridized carbons (Fsp3) is 0.100. The number of benzene rings is 9. The van der Waals surface area contributed by atoms with Crippen molar-refractivity contribution in [2.24, 2.45) is 0 Å². The van der Waals surface area contributed by atoms with Crippen LogP contribution < -0.4 is 4.90 Å². The van der Waals surface area contributed by atoms with Crippen LogP contribution >= 0.6 is 0 Å². The van der Waals surface area contributed by atoms with Crippen LogP contribution in [-0.4, -0.2) is 4.57 Å². The molecule has 296 valence electrons. The van der Waals surface area contributed by atoms with Crippen LogP contribution in [0.2, 0.25) is 0 Å². The van der Waals surface area contributed by atoms with Crippen molar-refractivity contribution >= 4 is 38.9 Å². The Bertz CT molecular complexity index is 3400. The minimum absolute atomic E-state index is 0.100. The molecular formula is C60H46N2. The number of hydrogen-bond donors (Lipinski definition) is 0. The largest absolute Gasteiger partial charge is 0.309 e. The van der Waals surface area contributed by atoms with Crippen molar-refractivity contribution in [1.82, 2.24) is 4.57 Å². The van der Waals surface area contributed by atoms with Crippen LogP contribution in [0.5, 0.6) is 0 Å². The maximum atomic E-state index is 2.52. The molecule has 1 heterocycles. The van der Waals surface area contributed by atoms with E-state index in [1.165, 1.54) is 94.3 Å². The Balaban J connectivity index is 1.07. The predicted molar refractivity (Wildman–Crippen MR) is 261 cm³/mol. The van der Waals surface area contributed by atoms with E-state index in [1.807, 2.05) is 0 Å². The van der Waals surface area contributed by atoms with E-state index in [1.54, 1.807) is 0 Å². The summed E-state index contributed by atoms with van der Waals surface area (Å²) in [5.74, 6) is 0. The van der Waals surface area contributed by atoms with Crippen LogP contribution in [0.3, 0.4) is 0 Å². The highest BCUT2D eigenvalue weighted by Gasteiger charge is 2.39. The molecule has 0 fully saturated rings. The fourth-order valence-electron chi connectivity index (χ4n) is 11.0. The third-order valence-corrected chi connectivity index (χ3v) is 14.0. The summed E-state index contributed by atoms with van der Waals surface area (Å²) < 4.78 is 2.43. The number of hydrogen-bond acceptors (Lipinski definition) is 1. The van der Waals surface area contributed by atoms with Crippen LogP contribution in [0.1, 0.15) is 49.9 Å². The first-order valence-corrected chi connectivity index (χ1v) is 21.9. The van der Waals surface area contributed by atoms with Gasteiger partial charge in [0.1, 0.15) is 0 Å². The Morgan fingerprint density at radius 1 is 0.371 bits per heavy atom. The molecule has 0 saturated carbocycles. The van der Waals surface area contributed by atoms with Crippen molar-refractivity contribution in [3.05, 3.63) is 229 Å². The van der Waals surface area contributed by atoms with E-state index in [0.29, 0.717) is 0 Å². The molecule has 0 saturated heterocycles. The first-order chi connectivity index (χ1) is 30.3. The highest BCUT2D eigenvalue weighted by Crippen LogP contribution is 2.56. The molecule has 2 aliphatic rings. The van der Waals surface area contributed by atoms with Gasteiger partial charge in [0.25, 0.3) is 0 Å². The first kappa shape index (κ1) is 36.4. The molecule has 9 aromatic carbocycles. The summed E-state index contributed by atoms with van der Waals surface area (Å²) in [6, 6.07) is 76.5. The van der Waals surface area contributed by atoms with Gasteiger partial charge >= 0.3 is 0 Å². The van der Waals surface area contributed by atoms with Crippen molar-refractivity contribution in [3.63, 3.8) is 0 Å². The van der Waals surface area contributed by atoms with Gasteiger partial charge in [0.2, 0.25) is 0 Å². The van der Waals surface area contributed by atoms with Gasteiger partial charge in [-0.3, -0.25) is 0 Å². The molecule has 2 heteroatoms. The van der Waals surface area contributed by atoms with Crippen LogP contribution in [0.4, 0.5) is 17.1 Å². The maximum absolute atomic E-state index is 2.52. The highest BCUT2D eigenvalue weighted by molar-refractivity contribution is 6.14. The first-order valence-electron chi connectivity index (χ1n) is 21.9. The smallest absolute Gasteiger partial charge is 0.0619 e. The zero-order valence-electron chi connectivity index (χ0n) is 35.5. The Labute approximate surface area is 364 Å². The fourth-order valence-corrected chi connectivity index (χ4v) is 11.0. The zero-order valence-corrected chi connectivity index (χ0v) is 35.5. The Hall–Kier alpha value is -7.42. The van der Waals surface area contributed by atoms with Gasteiger partial charge in [-0.15, -0.1) is 0 Å². The summed E-state index contributed by atoms with van der Waals surface area (Å²) in [6.45, 7) is 9.48. The van der Waals surface area contributed by atoms with Gasteiger partial charge in [-0.25, -0.2) is 0 Å². The van der Waals surface area contributed by atoms with Crippen molar-refractivity contribution in [1.29, 1.82) is 0 Å². The average Bonchev–Trinajstić information content (AvgIpc) is 3.87. The van der Waals surface area contributed by atoms with Crippen molar-refractivity contribution in [2.45, 2.75) is 38.5 Å². The molecule has 0 radical (unpaired) electrons. The van der Waals surface area contributed by atoms with E-state index < -0.39 is 0 Å². The SMILES string of the molecule is CC1(C)c2ccccc2-c2ccc(-c3ccccc3N(c3ccc(-c4cccc5c6ccccc6n(-c6ccccc6)c45)cc3)c3cccc4c3-c3ccccc3C4(C)C)cc21.